The fraction of sp³-hybridized carbons (Fsp3) is 0.667. The van der Waals surface area contributed by atoms with Crippen LogP contribution in [0.25, 0.3) is 0 Å². The van der Waals surface area contributed by atoms with E-state index in [1.807, 2.05) is 25.3 Å². The number of nitrogens with one attached hydrogen (secondary N) is 2. The molecule has 1 heterocycles. The number of hydrogen-bond donors (Lipinski definition) is 2. The van der Waals surface area contributed by atoms with Crippen LogP contribution in [0.3, 0.4) is 0 Å². The monoisotopic (exact) mass is 282 g/mol. The molecule has 1 rings (SSSR count). The van der Waals surface area contributed by atoms with E-state index in [0.29, 0.717) is 5.82 Å². The zero-order valence-electron chi connectivity index (χ0n) is 12.5. The molecule has 0 aliphatic carbocycles. The molecule has 0 aliphatic heterocycles. The second kappa shape index (κ2) is 6.88. The minimum atomic E-state index is -0.307. The highest BCUT2D eigenvalue weighted by molar-refractivity contribution is 5.83. The van der Waals surface area contributed by atoms with Gasteiger partial charge in [0.05, 0.1) is 12.6 Å². The summed E-state index contributed by atoms with van der Waals surface area (Å²) in [5.74, 6) is 0.415. The molecule has 20 heavy (non-hydrogen) atoms. The van der Waals surface area contributed by atoms with Gasteiger partial charge in [-0.05, 0) is 20.8 Å². The molecule has 0 aliphatic rings. The van der Waals surface area contributed by atoms with Crippen molar-refractivity contribution < 1.29 is 9.59 Å². The van der Waals surface area contributed by atoms with Crippen LogP contribution in [0.2, 0.25) is 0 Å². The lowest BCUT2D eigenvalue weighted by molar-refractivity contribution is -0.120. The first-order valence-electron chi connectivity index (χ1n) is 6.46. The van der Waals surface area contributed by atoms with Crippen LogP contribution >= 0.6 is 0 Å². The van der Waals surface area contributed by atoms with Crippen LogP contribution in [0.1, 0.15) is 38.7 Å². The summed E-state index contributed by atoms with van der Waals surface area (Å²) in [4.78, 5) is 24.4. The fourth-order valence-corrected chi connectivity index (χ4v) is 1.63. The number of carbonyl (C=O) groups excluding carboxylic acids is 2. The average molecular weight is 282 g/mol. The molecule has 3 amide bonds. The van der Waals surface area contributed by atoms with Crippen LogP contribution in [-0.4, -0.2) is 52.2 Å². The molecule has 0 bridgehead atoms. The molecule has 8 nitrogen and oxygen atoms in total. The third-order valence-corrected chi connectivity index (χ3v) is 2.73. The Morgan fingerprint density at radius 2 is 2.00 bits per heavy atom. The van der Waals surface area contributed by atoms with Crippen molar-refractivity contribution in [3.8, 4) is 0 Å². The van der Waals surface area contributed by atoms with Gasteiger partial charge in [-0.3, -0.25) is 4.79 Å². The molecule has 1 aromatic heterocycles. The molecule has 0 fully saturated rings. The molecule has 0 aromatic carbocycles. The van der Waals surface area contributed by atoms with E-state index in [0.717, 1.165) is 0 Å². The molecule has 0 unspecified atom stereocenters. The van der Waals surface area contributed by atoms with Crippen molar-refractivity contribution in [1.29, 1.82) is 0 Å². The van der Waals surface area contributed by atoms with Crippen LogP contribution in [0.5, 0.6) is 0 Å². The third-order valence-electron chi connectivity index (χ3n) is 2.73. The summed E-state index contributed by atoms with van der Waals surface area (Å²) < 4.78 is 1.89. The SMILES string of the molecule is CC(C)n1cnnc1[C@H](C)NC(=O)CNC(=O)N(C)C. The molecule has 0 saturated carbocycles. The number of urea groups is 1. The summed E-state index contributed by atoms with van der Waals surface area (Å²) in [6, 6.07) is -0.366. The second-order valence-electron chi connectivity index (χ2n) is 5.03. The minimum Gasteiger partial charge on any atom is -0.345 e. The van der Waals surface area contributed by atoms with Crippen LogP contribution in [0.4, 0.5) is 4.79 Å². The number of rotatable bonds is 5. The van der Waals surface area contributed by atoms with E-state index in [1.54, 1.807) is 20.4 Å². The lowest BCUT2D eigenvalue weighted by atomic mass is 10.3. The van der Waals surface area contributed by atoms with E-state index in [1.165, 1.54) is 4.90 Å². The summed E-state index contributed by atoms with van der Waals surface area (Å²) in [5, 5.41) is 13.1. The van der Waals surface area contributed by atoms with Crippen LogP contribution in [0, 0.1) is 0 Å². The maximum absolute atomic E-state index is 11.8. The number of nitrogens with zero attached hydrogens (tertiary/aromatic N) is 4. The molecular weight excluding hydrogens is 260 g/mol. The Morgan fingerprint density at radius 3 is 2.55 bits per heavy atom. The number of hydrogen-bond acceptors (Lipinski definition) is 4. The van der Waals surface area contributed by atoms with Gasteiger partial charge < -0.3 is 20.1 Å². The van der Waals surface area contributed by atoms with E-state index in [2.05, 4.69) is 20.8 Å². The lowest BCUT2D eigenvalue weighted by Gasteiger charge is -2.17. The molecule has 0 spiro atoms. The van der Waals surface area contributed by atoms with Gasteiger partial charge >= 0.3 is 6.03 Å². The van der Waals surface area contributed by atoms with Gasteiger partial charge in [0, 0.05) is 20.1 Å². The largest absolute Gasteiger partial charge is 0.345 e. The molecule has 2 N–H and O–H groups in total. The van der Waals surface area contributed by atoms with E-state index in [-0.39, 0.29) is 30.6 Å². The van der Waals surface area contributed by atoms with E-state index < -0.39 is 0 Å². The van der Waals surface area contributed by atoms with E-state index in [4.69, 9.17) is 0 Å². The summed E-state index contributed by atoms with van der Waals surface area (Å²) in [6.45, 7) is 5.78. The zero-order valence-corrected chi connectivity index (χ0v) is 12.5. The van der Waals surface area contributed by atoms with Gasteiger partial charge in [-0.25, -0.2) is 4.79 Å². The molecule has 1 aromatic rings. The maximum atomic E-state index is 11.8. The zero-order chi connectivity index (χ0) is 15.3. The number of aromatic nitrogens is 3. The van der Waals surface area contributed by atoms with Gasteiger partial charge in [-0.15, -0.1) is 10.2 Å². The van der Waals surface area contributed by atoms with Gasteiger partial charge in [0.25, 0.3) is 0 Å². The van der Waals surface area contributed by atoms with E-state index >= 15 is 0 Å². The average Bonchev–Trinajstić information content (AvgIpc) is 2.84. The van der Waals surface area contributed by atoms with Crippen molar-refractivity contribution in [2.24, 2.45) is 0 Å². The molecule has 112 valence electrons. The highest BCUT2D eigenvalue weighted by atomic mass is 16.2. The standard InChI is InChI=1S/C12H22N6O2/c1-8(2)18-7-14-16-11(18)9(3)15-10(19)6-13-12(20)17(4)5/h7-9H,6H2,1-5H3,(H,13,20)(H,15,19)/t9-/m0/s1. The highest BCUT2D eigenvalue weighted by Crippen LogP contribution is 2.13. The number of carbonyl (C=O) groups is 2. The molecule has 0 radical (unpaired) electrons. The van der Waals surface area contributed by atoms with Crippen molar-refractivity contribution in [3.05, 3.63) is 12.2 Å². The Hall–Kier alpha value is -2.12. The Morgan fingerprint density at radius 1 is 1.35 bits per heavy atom. The Bertz CT molecular complexity index is 468. The fourth-order valence-electron chi connectivity index (χ4n) is 1.63. The van der Waals surface area contributed by atoms with Gasteiger partial charge in [-0.1, -0.05) is 0 Å². The number of amides is 3. The van der Waals surface area contributed by atoms with Gasteiger partial charge in [0.15, 0.2) is 5.82 Å². The van der Waals surface area contributed by atoms with Gasteiger partial charge in [0.2, 0.25) is 5.91 Å². The van der Waals surface area contributed by atoms with Gasteiger partial charge in [0.1, 0.15) is 6.33 Å². The summed E-state index contributed by atoms with van der Waals surface area (Å²) >= 11 is 0. The normalized spacial score (nSPS) is 12.1. The summed E-state index contributed by atoms with van der Waals surface area (Å²) in [6.07, 6.45) is 1.64. The van der Waals surface area contributed by atoms with Crippen molar-refractivity contribution in [1.82, 2.24) is 30.3 Å². The summed E-state index contributed by atoms with van der Waals surface area (Å²) in [7, 11) is 3.22. The van der Waals surface area contributed by atoms with Crippen molar-refractivity contribution >= 4 is 11.9 Å². The predicted molar refractivity (Wildman–Crippen MR) is 74.1 cm³/mol. The quantitative estimate of drug-likeness (QED) is 0.813. The predicted octanol–water partition coefficient (Wildman–Crippen LogP) is 0.307. The molecule has 0 saturated heterocycles. The summed E-state index contributed by atoms with van der Waals surface area (Å²) in [5.41, 5.74) is 0. The highest BCUT2D eigenvalue weighted by Gasteiger charge is 2.17. The van der Waals surface area contributed by atoms with Crippen molar-refractivity contribution in [2.75, 3.05) is 20.6 Å². The van der Waals surface area contributed by atoms with E-state index in [9.17, 15) is 9.59 Å². The third kappa shape index (κ3) is 4.22. The first-order valence-corrected chi connectivity index (χ1v) is 6.46. The van der Waals surface area contributed by atoms with Crippen molar-refractivity contribution in [3.63, 3.8) is 0 Å². The van der Waals surface area contributed by atoms with Crippen LogP contribution in [0.15, 0.2) is 6.33 Å². The smallest absolute Gasteiger partial charge is 0.317 e. The molecular formula is C12H22N6O2. The Labute approximate surface area is 118 Å². The second-order valence-corrected chi connectivity index (χ2v) is 5.03. The molecule has 1 atom stereocenters. The van der Waals surface area contributed by atoms with Crippen molar-refractivity contribution in [2.45, 2.75) is 32.9 Å². The lowest BCUT2D eigenvalue weighted by Crippen LogP contribution is -2.42. The minimum absolute atomic E-state index is 0.0723. The van der Waals surface area contributed by atoms with Crippen LogP contribution < -0.4 is 10.6 Å². The molecule has 8 heteroatoms. The topological polar surface area (TPSA) is 92.1 Å². The van der Waals surface area contributed by atoms with Gasteiger partial charge in [-0.2, -0.15) is 0 Å². The maximum Gasteiger partial charge on any atom is 0.317 e. The van der Waals surface area contributed by atoms with Crippen LogP contribution in [-0.2, 0) is 4.79 Å². The Balaban J connectivity index is 2.53. The first-order chi connectivity index (χ1) is 9.32. The first kappa shape index (κ1) is 15.9. The Kier molecular flexibility index (Phi) is 5.48.